The highest BCUT2D eigenvalue weighted by Crippen LogP contribution is 2.32. The van der Waals surface area contributed by atoms with E-state index in [9.17, 15) is 21.9 Å². The topological polar surface area (TPSA) is 113 Å². The lowest BCUT2D eigenvalue weighted by atomic mass is 10.2. The van der Waals surface area contributed by atoms with Crippen LogP contribution in [0.3, 0.4) is 0 Å². The second kappa shape index (κ2) is 10.3. The lowest BCUT2D eigenvalue weighted by Gasteiger charge is -2.28. The minimum absolute atomic E-state index is 0.0309. The number of aryl methyl sites for hydroxylation is 1. The van der Waals surface area contributed by atoms with Crippen molar-refractivity contribution in [1.82, 2.24) is 4.72 Å². The largest absolute Gasteiger partial charge is 0.495 e. The highest BCUT2D eigenvalue weighted by Gasteiger charge is 2.29. The lowest BCUT2D eigenvalue weighted by molar-refractivity contribution is 0.187. The van der Waals surface area contributed by atoms with Crippen LogP contribution in [-0.4, -0.2) is 48.2 Å². The monoisotopic (exact) mass is 490 g/mol. The molecular weight excluding hydrogens is 464 g/mol. The first kappa shape index (κ1) is 24.7. The number of hydrogen-bond donors (Lipinski definition) is 2. The van der Waals surface area contributed by atoms with Crippen LogP contribution in [0, 0.1) is 6.92 Å². The van der Waals surface area contributed by atoms with Crippen molar-refractivity contribution in [1.29, 1.82) is 0 Å². The third-order valence-electron chi connectivity index (χ3n) is 4.90. The summed E-state index contributed by atoms with van der Waals surface area (Å²) in [5.41, 5.74) is 1.14. The number of para-hydroxylation sites is 2. The van der Waals surface area contributed by atoms with Gasteiger partial charge in [-0.05, 0) is 43.3 Å². The van der Waals surface area contributed by atoms with Gasteiger partial charge in [-0.15, -0.1) is 0 Å². The summed E-state index contributed by atoms with van der Waals surface area (Å²) < 4.78 is 60.6. The van der Waals surface area contributed by atoms with Crippen LogP contribution in [0.4, 0.5) is 5.69 Å². The SMILES string of the molecule is COc1ccccc1N(C[C@H](O)CNS(=O)(=O)c1ccc(C)cc1)S(=O)(=O)c1ccccc1. The minimum Gasteiger partial charge on any atom is -0.495 e. The molecule has 0 aliphatic carbocycles. The zero-order valence-electron chi connectivity index (χ0n) is 18.2. The molecule has 33 heavy (non-hydrogen) atoms. The Labute approximate surface area is 194 Å². The predicted octanol–water partition coefficient (Wildman–Crippen LogP) is 2.54. The van der Waals surface area contributed by atoms with Gasteiger partial charge < -0.3 is 9.84 Å². The quantitative estimate of drug-likeness (QED) is 0.452. The average Bonchev–Trinajstić information content (AvgIpc) is 2.82. The Balaban J connectivity index is 1.86. The fourth-order valence-electron chi connectivity index (χ4n) is 3.14. The van der Waals surface area contributed by atoms with Gasteiger partial charge in [-0.3, -0.25) is 4.31 Å². The summed E-state index contributed by atoms with van der Waals surface area (Å²) in [5, 5.41) is 10.6. The molecule has 0 spiro atoms. The standard InChI is InChI=1S/C23H26N2O6S2/c1-18-12-14-20(15-13-18)32(27,28)24-16-19(26)17-25(22-10-6-7-11-23(22)31-2)33(29,30)21-8-4-3-5-9-21/h3-15,19,24,26H,16-17H2,1-2H3/t19-/m1/s1. The molecule has 0 saturated carbocycles. The summed E-state index contributed by atoms with van der Waals surface area (Å²) >= 11 is 0. The van der Waals surface area contributed by atoms with Gasteiger partial charge in [-0.25, -0.2) is 21.6 Å². The minimum atomic E-state index is -4.08. The molecule has 0 radical (unpaired) electrons. The zero-order valence-corrected chi connectivity index (χ0v) is 19.9. The molecule has 0 aliphatic rings. The Morgan fingerprint density at radius 3 is 2.12 bits per heavy atom. The van der Waals surface area contributed by atoms with Gasteiger partial charge in [-0.1, -0.05) is 48.0 Å². The first-order chi connectivity index (χ1) is 15.6. The van der Waals surface area contributed by atoms with Crippen LogP contribution in [0.25, 0.3) is 0 Å². The predicted molar refractivity (Wildman–Crippen MR) is 126 cm³/mol. The number of nitrogens with one attached hydrogen (secondary N) is 1. The van der Waals surface area contributed by atoms with Gasteiger partial charge in [0.25, 0.3) is 10.0 Å². The van der Waals surface area contributed by atoms with Gasteiger partial charge in [-0.2, -0.15) is 0 Å². The molecule has 0 unspecified atom stereocenters. The molecule has 8 nitrogen and oxygen atoms in total. The molecule has 176 valence electrons. The van der Waals surface area contributed by atoms with E-state index in [-0.39, 0.29) is 22.0 Å². The van der Waals surface area contributed by atoms with Crippen LogP contribution in [0.15, 0.2) is 88.7 Å². The molecule has 0 aromatic heterocycles. The molecule has 3 aromatic rings. The molecule has 0 amide bonds. The number of aliphatic hydroxyl groups excluding tert-OH is 1. The highest BCUT2D eigenvalue weighted by molar-refractivity contribution is 7.92. The van der Waals surface area contributed by atoms with E-state index in [0.29, 0.717) is 5.75 Å². The van der Waals surface area contributed by atoms with Crippen LogP contribution in [-0.2, 0) is 20.0 Å². The third kappa shape index (κ3) is 5.91. The number of sulfonamides is 2. The van der Waals surface area contributed by atoms with Gasteiger partial charge in [0, 0.05) is 6.54 Å². The van der Waals surface area contributed by atoms with Crippen LogP contribution in [0.1, 0.15) is 5.56 Å². The number of nitrogens with zero attached hydrogens (tertiary/aromatic N) is 1. The van der Waals surface area contributed by atoms with Gasteiger partial charge in [0.05, 0.1) is 35.2 Å². The maximum absolute atomic E-state index is 13.4. The number of ether oxygens (including phenoxy) is 1. The van der Waals surface area contributed by atoms with E-state index in [0.717, 1.165) is 9.87 Å². The van der Waals surface area contributed by atoms with E-state index in [4.69, 9.17) is 4.74 Å². The van der Waals surface area contributed by atoms with Gasteiger partial charge in [0.15, 0.2) is 0 Å². The summed E-state index contributed by atoms with van der Waals surface area (Å²) in [7, 11) is -6.54. The Bertz CT molecular complexity index is 1280. The van der Waals surface area contributed by atoms with Gasteiger partial charge >= 0.3 is 0 Å². The first-order valence-corrected chi connectivity index (χ1v) is 13.0. The summed E-state index contributed by atoms with van der Waals surface area (Å²) in [6, 6.07) is 20.6. The van der Waals surface area contributed by atoms with E-state index >= 15 is 0 Å². The van der Waals surface area contributed by atoms with Crippen molar-refractivity contribution >= 4 is 25.7 Å². The normalized spacial score (nSPS) is 12.8. The van der Waals surface area contributed by atoms with Crippen molar-refractivity contribution in [2.24, 2.45) is 0 Å². The van der Waals surface area contributed by atoms with Crippen LogP contribution in [0.2, 0.25) is 0 Å². The molecule has 0 heterocycles. The fraction of sp³-hybridized carbons (Fsp3) is 0.217. The summed E-state index contributed by atoms with van der Waals surface area (Å²) in [6.07, 6.45) is -1.34. The van der Waals surface area contributed by atoms with Crippen molar-refractivity contribution in [3.8, 4) is 5.75 Å². The van der Waals surface area contributed by atoms with Crippen molar-refractivity contribution in [3.63, 3.8) is 0 Å². The fourth-order valence-corrected chi connectivity index (χ4v) is 5.75. The first-order valence-electron chi connectivity index (χ1n) is 10.1. The van der Waals surface area contributed by atoms with Crippen molar-refractivity contribution in [2.45, 2.75) is 22.8 Å². The lowest BCUT2D eigenvalue weighted by Crippen LogP contribution is -2.43. The number of anilines is 1. The van der Waals surface area contributed by atoms with E-state index < -0.39 is 32.7 Å². The molecular formula is C23H26N2O6S2. The maximum atomic E-state index is 13.4. The molecule has 3 rings (SSSR count). The molecule has 0 fully saturated rings. The molecule has 0 aliphatic heterocycles. The van der Waals surface area contributed by atoms with Crippen LogP contribution < -0.4 is 13.8 Å². The molecule has 0 saturated heterocycles. The van der Waals surface area contributed by atoms with Gasteiger partial charge in [0.1, 0.15) is 5.75 Å². The molecule has 1 atom stereocenters. The maximum Gasteiger partial charge on any atom is 0.264 e. The molecule has 10 heteroatoms. The molecule has 0 bridgehead atoms. The van der Waals surface area contributed by atoms with Crippen molar-refractivity contribution < 1.29 is 26.7 Å². The van der Waals surface area contributed by atoms with E-state index in [1.165, 1.54) is 31.4 Å². The van der Waals surface area contributed by atoms with Crippen LogP contribution >= 0.6 is 0 Å². The number of benzene rings is 3. The Morgan fingerprint density at radius 2 is 1.48 bits per heavy atom. The second-order valence-corrected chi connectivity index (χ2v) is 11.0. The van der Waals surface area contributed by atoms with Crippen molar-refractivity contribution in [2.75, 3.05) is 24.5 Å². The van der Waals surface area contributed by atoms with Gasteiger partial charge in [0.2, 0.25) is 10.0 Å². The zero-order chi connectivity index (χ0) is 24.1. The van der Waals surface area contributed by atoms with Crippen LogP contribution in [0.5, 0.6) is 5.75 Å². The smallest absolute Gasteiger partial charge is 0.264 e. The molecule has 2 N–H and O–H groups in total. The number of methoxy groups -OCH3 is 1. The second-order valence-electron chi connectivity index (χ2n) is 7.34. The van der Waals surface area contributed by atoms with E-state index in [2.05, 4.69) is 4.72 Å². The number of hydrogen-bond acceptors (Lipinski definition) is 6. The Kier molecular flexibility index (Phi) is 7.75. The summed E-state index contributed by atoms with van der Waals surface area (Å²) in [6.45, 7) is 1.06. The Hall–Kier alpha value is -2.92. The summed E-state index contributed by atoms with van der Waals surface area (Å²) in [5.74, 6) is 0.296. The Morgan fingerprint density at radius 1 is 0.879 bits per heavy atom. The third-order valence-corrected chi connectivity index (χ3v) is 8.14. The van der Waals surface area contributed by atoms with Crippen molar-refractivity contribution in [3.05, 3.63) is 84.4 Å². The van der Waals surface area contributed by atoms with E-state index in [1.54, 1.807) is 54.6 Å². The summed E-state index contributed by atoms with van der Waals surface area (Å²) in [4.78, 5) is 0.0853. The number of rotatable bonds is 10. The average molecular weight is 491 g/mol. The molecule has 3 aromatic carbocycles. The number of aliphatic hydroxyl groups is 1. The highest BCUT2D eigenvalue weighted by atomic mass is 32.2. The van der Waals surface area contributed by atoms with E-state index in [1.807, 2.05) is 6.92 Å².